The average Bonchev–Trinajstić information content (AvgIpc) is 2.96. The summed E-state index contributed by atoms with van der Waals surface area (Å²) in [6, 6.07) is 23.5. The van der Waals surface area contributed by atoms with Crippen LogP contribution in [0, 0.1) is 5.92 Å². The van der Waals surface area contributed by atoms with Crippen molar-refractivity contribution in [2.24, 2.45) is 16.6 Å². The van der Waals surface area contributed by atoms with Crippen molar-refractivity contribution in [3.8, 4) is 0 Å². The largest absolute Gasteiger partial charge is 0.403 e. The van der Waals surface area contributed by atoms with Gasteiger partial charge in [0.2, 0.25) is 0 Å². The molecule has 3 heteroatoms. The maximum Gasteiger partial charge on any atom is 0.141 e. The first-order chi connectivity index (χ1) is 18.9. The van der Waals surface area contributed by atoms with Gasteiger partial charge in [-0.05, 0) is 66.7 Å². The van der Waals surface area contributed by atoms with Crippen LogP contribution in [-0.2, 0) is 0 Å². The molecule has 3 aromatic carbocycles. The van der Waals surface area contributed by atoms with Crippen LogP contribution in [0.25, 0.3) is 16.8 Å². The molecule has 0 spiro atoms. The molecule has 0 aliphatic heterocycles. The van der Waals surface area contributed by atoms with Gasteiger partial charge in [-0.1, -0.05) is 105 Å². The molecule has 1 aliphatic carbocycles. The highest BCUT2D eigenvalue weighted by Gasteiger charge is 2.24. The highest BCUT2D eigenvalue weighted by atomic mass is 15.2. The highest BCUT2D eigenvalue weighted by molar-refractivity contribution is 6.10. The Morgan fingerprint density at radius 1 is 1.13 bits per heavy atom. The number of rotatable bonds is 8. The van der Waals surface area contributed by atoms with Crippen LogP contribution in [0.2, 0.25) is 0 Å². The molecular weight excluding hydrogens is 474 g/mol. The van der Waals surface area contributed by atoms with Crippen LogP contribution in [-0.4, -0.2) is 17.8 Å². The first kappa shape index (κ1) is 27.7. The summed E-state index contributed by atoms with van der Waals surface area (Å²) in [7, 11) is 2.10. The Morgan fingerprint density at radius 2 is 1.87 bits per heavy atom. The number of allylic oxidation sites excluding steroid dienone is 7. The fourth-order valence-corrected chi connectivity index (χ4v) is 5.24. The van der Waals surface area contributed by atoms with Crippen molar-refractivity contribution >= 4 is 22.7 Å². The van der Waals surface area contributed by atoms with Gasteiger partial charge in [-0.3, -0.25) is 0 Å². The topological polar surface area (TPSA) is 41.6 Å². The van der Waals surface area contributed by atoms with E-state index in [1.807, 2.05) is 26.0 Å². The van der Waals surface area contributed by atoms with Gasteiger partial charge < -0.3 is 10.6 Å². The van der Waals surface area contributed by atoms with Crippen LogP contribution in [0.15, 0.2) is 132 Å². The third kappa shape index (κ3) is 6.39. The number of nitrogens with two attached hydrogens (primary N) is 1. The molecule has 0 aromatic heterocycles. The number of aliphatic imine (C=N–C) groups is 1. The van der Waals surface area contributed by atoms with Crippen LogP contribution in [0.5, 0.6) is 0 Å². The predicted octanol–water partition coefficient (Wildman–Crippen LogP) is 8.74. The van der Waals surface area contributed by atoms with Crippen LogP contribution >= 0.6 is 0 Å². The van der Waals surface area contributed by atoms with E-state index < -0.39 is 0 Å². The van der Waals surface area contributed by atoms with E-state index in [2.05, 4.69) is 122 Å². The van der Waals surface area contributed by atoms with E-state index in [-0.39, 0.29) is 11.8 Å². The number of fused-ring (bicyclic) bond motifs is 2. The van der Waals surface area contributed by atoms with Crippen molar-refractivity contribution in [3.05, 3.63) is 143 Å². The monoisotopic (exact) mass is 513 g/mol. The molecule has 0 saturated carbocycles. The molecule has 39 heavy (non-hydrogen) atoms. The lowest BCUT2D eigenvalue weighted by molar-refractivity contribution is 0.504. The fraction of sp³-hybridized carbons (Fsp3) is 0.222. The number of hydrogen-bond acceptors (Lipinski definition) is 2. The van der Waals surface area contributed by atoms with E-state index in [0.29, 0.717) is 0 Å². The Morgan fingerprint density at radius 3 is 2.64 bits per heavy atom. The Bertz CT molecular complexity index is 1520. The fourth-order valence-electron chi connectivity index (χ4n) is 5.24. The van der Waals surface area contributed by atoms with Crippen molar-refractivity contribution in [1.82, 2.24) is 4.90 Å². The molecule has 0 saturated heterocycles. The summed E-state index contributed by atoms with van der Waals surface area (Å²) in [4.78, 5) is 7.68. The second kappa shape index (κ2) is 13.0. The minimum Gasteiger partial charge on any atom is -0.403 e. The second-order valence-electron chi connectivity index (χ2n) is 10.1. The smallest absolute Gasteiger partial charge is 0.141 e. The van der Waals surface area contributed by atoms with Gasteiger partial charge in [0.05, 0.1) is 5.70 Å². The quantitative estimate of drug-likeness (QED) is 0.142. The minimum atomic E-state index is 0.118. The molecule has 3 nitrogen and oxygen atoms in total. The van der Waals surface area contributed by atoms with Gasteiger partial charge in [-0.2, -0.15) is 0 Å². The molecule has 2 atom stereocenters. The van der Waals surface area contributed by atoms with E-state index in [1.165, 1.54) is 16.5 Å². The Balaban J connectivity index is 1.93. The highest BCUT2D eigenvalue weighted by Crippen LogP contribution is 2.36. The lowest BCUT2D eigenvalue weighted by Gasteiger charge is -2.30. The number of nitrogens with zero attached hydrogens (tertiary/aromatic N) is 2. The zero-order valence-electron chi connectivity index (χ0n) is 23.6. The first-order valence-corrected chi connectivity index (χ1v) is 13.7. The zero-order valence-corrected chi connectivity index (χ0v) is 23.6. The predicted molar refractivity (Wildman–Crippen MR) is 168 cm³/mol. The summed E-state index contributed by atoms with van der Waals surface area (Å²) in [6.45, 7) is 10.2. The molecule has 0 bridgehead atoms. The van der Waals surface area contributed by atoms with Crippen LogP contribution in [0.1, 0.15) is 56.2 Å². The number of hydrogen-bond donors (Lipinski definition) is 1. The molecule has 0 radical (unpaired) electrons. The SMILES string of the molecule is C=CC=C([C@@H](C)C/C=C(\C)N)N(C)/C(=N\C(=C=CC)C1CC=Cc2ccccc21)c1cccc2ccccc12. The van der Waals surface area contributed by atoms with E-state index in [9.17, 15) is 0 Å². The van der Waals surface area contributed by atoms with Gasteiger partial charge in [0.25, 0.3) is 0 Å². The van der Waals surface area contributed by atoms with E-state index in [1.54, 1.807) is 0 Å². The lowest BCUT2D eigenvalue weighted by atomic mass is 9.85. The van der Waals surface area contributed by atoms with E-state index in [0.717, 1.165) is 46.7 Å². The standard InChI is InChI=1S/C36H39N3/c1-6-14-34(32-22-12-18-28-16-8-10-20-30(28)32)38-36(33-23-13-19-29-17-9-11-21-31(29)33)39(5)35(15-7-2)26(3)24-25-27(4)37/h6-13,15-21,23,25-26,32H,2,22,24,37H2,1,3-5H3/b27-25+,35-15?,38-36-/t14?,26-,32?/m0/s1. The molecule has 2 N–H and O–H groups in total. The normalized spacial score (nSPS) is 16.3. The number of amidine groups is 1. The van der Waals surface area contributed by atoms with Crippen molar-refractivity contribution in [2.45, 2.75) is 39.5 Å². The second-order valence-corrected chi connectivity index (χ2v) is 10.1. The van der Waals surface area contributed by atoms with Crippen molar-refractivity contribution in [2.75, 3.05) is 7.05 Å². The minimum absolute atomic E-state index is 0.118. The molecular formula is C36H39N3. The first-order valence-electron chi connectivity index (χ1n) is 13.7. The summed E-state index contributed by atoms with van der Waals surface area (Å²) >= 11 is 0. The van der Waals surface area contributed by atoms with Gasteiger partial charge in [-0.25, -0.2) is 4.99 Å². The van der Waals surface area contributed by atoms with E-state index >= 15 is 0 Å². The van der Waals surface area contributed by atoms with Gasteiger partial charge >= 0.3 is 0 Å². The van der Waals surface area contributed by atoms with Crippen LogP contribution < -0.4 is 5.73 Å². The van der Waals surface area contributed by atoms with Gasteiger partial charge in [-0.15, -0.1) is 5.73 Å². The van der Waals surface area contributed by atoms with Crippen LogP contribution in [0.3, 0.4) is 0 Å². The average molecular weight is 514 g/mol. The Labute approximate surface area is 233 Å². The molecule has 4 rings (SSSR count). The van der Waals surface area contributed by atoms with Gasteiger partial charge in [0.1, 0.15) is 5.84 Å². The summed E-state index contributed by atoms with van der Waals surface area (Å²) in [5.74, 6) is 1.21. The van der Waals surface area contributed by atoms with Crippen molar-refractivity contribution in [3.63, 3.8) is 0 Å². The summed E-state index contributed by atoms with van der Waals surface area (Å²) in [5.41, 5.74) is 16.0. The maximum absolute atomic E-state index is 5.99. The third-order valence-electron chi connectivity index (χ3n) is 7.21. The Kier molecular flexibility index (Phi) is 9.20. The molecule has 3 aromatic rings. The van der Waals surface area contributed by atoms with Gasteiger partial charge in [0, 0.05) is 29.9 Å². The third-order valence-corrected chi connectivity index (χ3v) is 7.21. The molecule has 0 amide bonds. The summed E-state index contributed by atoms with van der Waals surface area (Å²) in [6.07, 6.45) is 14.2. The van der Waals surface area contributed by atoms with Crippen LogP contribution in [0.4, 0.5) is 0 Å². The van der Waals surface area contributed by atoms with Crippen molar-refractivity contribution in [1.29, 1.82) is 0 Å². The molecule has 0 fully saturated rings. The summed E-state index contributed by atoms with van der Waals surface area (Å²) < 4.78 is 0. The molecule has 1 aliphatic rings. The molecule has 198 valence electrons. The summed E-state index contributed by atoms with van der Waals surface area (Å²) in [5, 5.41) is 2.35. The number of benzene rings is 3. The Hall–Kier alpha value is -4.33. The molecule has 1 unspecified atom stereocenters. The zero-order chi connectivity index (χ0) is 27.8. The van der Waals surface area contributed by atoms with Gasteiger partial charge in [0.15, 0.2) is 0 Å². The van der Waals surface area contributed by atoms with E-state index in [4.69, 9.17) is 10.7 Å². The van der Waals surface area contributed by atoms with Crippen molar-refractivity contribution < 1.29 is 0 Å². The maximum atomic E-state index is 5.99. The molecule has 0 heterocycles. The lowest BCUT2D eigenvalue weighted by Crippen LogP contribution is -2.30.